The van der Waals surface area contributed by atoms with E-state index in [0.29, 0.717) is 12.0 Å². The number of likely N-dealkylation sites (tertiary alicyclic amines) is 1. The van der Waals surface area contributed by atoms with Gasteiger partial charge in [-0.15, -0.1) is 0 Å². The molecule has 1 atom stereocenters. The van der Waals surface area contributed by atoms with Crippen molar-refractivity contribution < 1.29 is 8.78 Å². The van der Waals surface area contributed by atoms with Crippen LogP contribution < -0.4 is 5.32 Å². The standard InChI is InChI=1S/C16H24F2N2/c1-16(2,20-8-4-5-9-20)15(19-3)10-12-6-7-13(17)11-14(12)18/h6-7,11,15,19H,4-5,8-10H2,1-3H3. The maximum absolute atomic E-state index is 13.8. The van der Waals surface area contributed by atoms with Crippen LogP contribution in [0.15, 0.2) is 18.2 Å². The van der Waals surface area contributed by atoms with Gasteiger partial charge in [0, 0.05) is 17.6 Å². The van der Waals surface area contributed by atoms with Gasteiger partial charge in [0.25, 0.3) is 0 Å². The maximum atomic E-state index is 13.8. The Kier molecular flexibility index (Phi) is 4.76. The largest absolute Gasteiger partial charge is 0.315 e. The van der Waals surface area contributed by atoms with Crippen LogP contribution in [0, 0.1) is 11.6 Å². The van der Waals surface area contributed by atoms with Gasteiger partial charge in [0.15, 0.2) is 0 Å². The van der Waals surface area contributed by atoms with Crippen LogP contribution in [0.5, 0.6) is 0 Å². The Morgan fingerprint density at radius 2 is 1.90 bits per heavy atom. The van der Waals surface area contributed by atoms with Crippen LogP contribution in [0.3, 0.4) is 0 Å². The lowest BCUT2D eigenvalue weighted by molar-refractivity contribution is 0.110. The first-order valence-corrected chi connectivity index (χ1v) is 7.31. The van der Waals surface area contributed by atoms with Gasteiger partial charge in [-0.1, -0.05) is 6.07 Å². The molecule has 0 aromatic heterocycles. The average molecular weight is 282 g/mol. The molecule has 1 N–H and O–H groups in total. The quantitative estimate of drug-likeness (QED) is 0.893. The fourth-order valence-electron chi connectivity index (χ4n) is 3.13. The highest BCUT2D eigenvalue weighted by Gasteiger charge is 2.36. The van der Waals surface area contributed by atoms with Crippen molar-refractivity contribution in [1.29, 1.82) is 0 Å². The van der Waals surface area contributed by atoms with Crippen molar-refractivity contribution in [3.8, 4) is 0 Å². The van der Waals surface area contributed by atoms with Crippen molar-refractivity contribution in [2.45, 2.75) is 44.7 Å². The number of hydrogen-bond acceptors (Lipinski definition) is 2. The lowest BCUT2D eigenvalue weighted by Crippen LogP contribution is -2.57. The summed E-state index contributed by atoms with van der Waals surface area (Å²) in [4.78, 5) is 2.45. The Balaban J connectivity index is 2.15. The first-order valence-electron chi connectivity index (χ1n) is 7.31. The molecule has 0 spiro atoms. The summed E-state index contributed by atoms with van der Waals surface area (Å²) in [7, 11) is 1.91. The van der Waals surface area contributed by atoms with Gasteiger partial charge in [-0.3, -0.25) is 4.90 Å². The Hall–Kier alpha value is -1.00. The molecule has 1 saturated heterocycles. The molecule has 2 nitrogen and oxygen atoms in total. The molecule has 1 unspecified atom stereocenters. The van der Waals surface area contributed by atoms with Crippen LogP contribution in [0.1, 0.15) is 32.3 Å². The summed E-state index contributed by atoms with van der Waals surface area (Å²) in [5.41, 5.74) is 0.518. The van der Waals surface area contributed by atoms with E-state index in [-0.39, 0.29) is 11.6 Å². The number of likely N-dealkylation sites (N-methyl/N-ethyl adjacent to an activating group) is 1. The van der Waals surface area contributed by atoms with Gasteiger partial charge in [0.05, 0.1) is 0 Å². The van der Waals surface area contributed by atoms with Crippen LogP contribution in [-0.2, 0) is 6.42 Å². The average Bonchev–Trinajstić information content (AvgIpc) is 2.92. The predicted octanol–water partition coefficient (Wildman–Crippen LogP) is 2.97. The predicted molar refractivity (Wildman–Crippen MR) is 77.8 cm³/mol. The summed E-state index contributed by atoms with van der Waals surface area (Å²) in [6.07, 6.45) is 3.02. The molecule has 0 bridgehead atoms. The summed E-state index contributed by atoms with van der Waals surface area (Å²) in [5, 5.41) is 3.31. The molecule has 1 aromatic rings. The van der Waals surface area contributed by atoms with Gasteiger partial charge in [-0.25, -0.2) is 8.78 Å². The highest BCUT2D eigenvalue weighted by Crippen LogP contribution is 2.26. The molecule has 0 amide bonds. The zero-order valence-corrected chi connectivity index (χ0v) is 12.5. The minimum Gasteiger partial charge on any atom is -0.315 e. The van der Waals surface area contributed by atoms with Crippen molar-refractivity contribution in [2.75, 3.05) is 20.1 Å². The molecule has 0 radical (unpaired) electrons. The van der Waals surface area contributed by atoms with Crippen molar-refractivity contribution >= 4 is 0 Å². The summed E-state index contributed by atoms with van der Waals surface area (Å²) in [6.45, 7) is 6.58. The molecule has 1 aromatic carbocycles. The number of rotatable bonds is 5. The first kappa shape index (κ1) is 15.4. The molecule has 1 fully saturated rings. The molecule has 2 rings (SSSR count). The smallest absolute Gasteiger partial charge is 0.129 e. The van der Waals surface area contributed by atoms with Gasteiger partial charge in [0.2, 0.25) is 0 Å². The highest BCUT2D eigenvalue weighted by atomic mass is 19.1. The monoisotopic (exact) mass is 282 g/mol. The van der Waals surface area contributed by atoms with Crippen LogP contribution in [0.4, 0.5) is 8.78 Å². The van der Waals surface area contributed by atoms with Crippen LogP contribution in [0.25, 0.3) is 0 Å². The van der Waals surface area contributed by atoms with Gasteiger partial charge in [-0.2, -0.15) is 0 Å². The molecular formula is C16H24F2N2. The van der Waals surface area contributed by atoms with E-state index >= 15 is 0 Å². The number of benzene rings is 1. The molecule has 1 aliphatic rings. The molecule has 20 heavy (non-hydrogen) atoms. The van der Waals surface area contributed by atoms with Crippen molar-refractivity contribution in [1.82, 2.24) is 10.2 Å². The zero-order valence-electron chi connectivity index (χ0n) is 12.5. The second-order valence-electron chi connectivity index (χ2n) is 6.13. The van der Waals surface area contributed by atoms with Gasteiger partial charge in [-0.05, 0) is 64.9 Å². The lowest BCUT2D eigenvalue weighted by Gasteiger charge is -2.42. The summed E-state index contributed by atoms with van der Waals surface area (Å²) >= 11 is 0. The van der Waals surface area contributed by atoms with Gasteiger partial charge < -0.3 is 5.32 Å². The number of nitrogens with one attached hydrogen (secondary N) is 1. The Morgan fingerprint density at radius 3 is 2.45 bits per heavy atom. The zero-order chi connectivity index (χ0) is 14.8. The van der Waals surface area contributed by atoms with Crippen molar-refractivity contribution in [3.63, 3.8) is 0 Å². The molecule has 0 aliphatic carbocycles. The second kappa shape index (κ2) is 6.19. The minimum absolute atomic E-state index is 0.0495. The highest BCUT2D eigenvalue weighted by molar-refractivity contribution is 5.20. The Morgan fingerprint density at radius 1 is 1.25 bits per heavy atom. The minimum atomic E-state index is -0.522. The molecule has 0 saturated carbocycles. The number of nitrogens with zero attached hydrogens (tertiary/aromatic N) is 1. The van der Waals surface area contributed by atoms with Crippen LogP contribution >= 0.6 is 0 Å². The Labute approximate surface area is 120 Å². The maximum Gasteiger partial charge on any atom is 0.129 e. The van der Waals surface area contributed by atoms with E-state index < -0.39 is 11.6 Å². The van der Waals surface area contributed by atoms with E-state index in [1.807, 2.05) is 7.05 Å². The molecule has 1 heterocycles. The molecule has 1 aliphatic heterocycles. The fraction of sp³-hybridized carbons (Fsp3) is 0.625. The third-order valence-corrected chi connectivity index (χ3v) is 4.56. The van der Waals surface area contributed by atoms with Crippen LogP contribution in [0.2, 0.25) is 0 Å². The van der Waals surface area contributed by atoms with Gasteiger partial charge in [0.1, 0.15) is 11.6 Å². The van der Waals surface area contributed by atoms with Crippen LogP contribution in [-0.4, -0.2) is 36.6 Å². The fourth-order valence-corrected chi connectivity index (χ4v) is 3.13. The third-order valence-electron chi connectivity index (χ3n) is 4.56. The number of halogens is 2. The summed E-state index contributed by atoms with van der Waals surface area (Å²) in [6, 6.07) is 3.97. The summed E-state index contributed by atoms with van der Waals surface area (Å²) in [5.74, 6) is -0.978. The van der Waals surface area contributed by atoms with E-state index in [0.717, 1.165) is 19.2 Å². The van der Waals surface area contributed by atoms with E-state index in [1.165, 1.54) is 18.9 Å². The molecule has 112 valence electrons. The first-order chi connectivity index (χ1) is 9.45. The van der Waals surface area contributed by atoms with E-state index in [1.54, 1.807) is 6.07 Å². The molecule has 4 heteroatoms. The van der Waals surface area contributed by atoms with Gasteiger partial charge >= 0.3 is 0 Å². The van der Waals surface area contributed by atoms with E-state index in [2.05, 4.69) is 24.1 Å². The SMILES string of the molecule is CNC(Cc1ccc(F)cc1F)C(C)(C)N1CCCC1. The number of hydrogen-bond donors (Lipinski definition) is 1. The Bertz CT molecular complexity index is 454. The third kappa shape index (κ3) is 3.18. The topological polar surface area (TPSA) is 15.3 Å². The molecular weight excluding hydrogens is 258 g/mol. The lowest BCUT2D eigenvalue weighted by atomic mass is 9.87. The normalized spacial score (nSPS) is 18.4. The second-order valence-corrected chi connectivity index (χ2v) is 6.13. The summed E-state index contributed by atoms with van der Waals surface area (Å²) < 4.78 is 26.8. The van der Waals surface area contributed by atoms with E-state index in [4.69, 9.17) is 0 Å². The van der Waals surface area contributed by atoms with Crippen molar-refractivity contribution in [2.24, 2.45) is 0 Å². The van der Waals surface area contributed by atoms with Crippen molar-refractivity contribution in [3.05, 3.63) is 35.4 Å². The van der Waals surface area contributed by atoms with E-state index in [9.17, 15) is 8.78 Å².